The van der Waals surface area contributed by atoms with Crippen LogP contribution in [0.2, 0.25) is 0 Å². The number of sulfonamides is 1. The molecule has 0 saturated heterocycles. The Labute approximate surface area is 150 Å². The van der Waals surface area contributed by atoms with E-state index in [2.05, 4.69) is 40.5 Å². The molecule has 0 spiro atoms. The first-order valence-corrected chi connectivity index (χ1v) is 10.6. The summed E-state index contributed by atoms with van der Waals surface area (Å²) in [5.74, 6) is 0.706. The monoisotopic (exact) mass is 372 g/mol. The Bertz CT molecular complexity index is 658. The molecule has 1 aromatic rings. The Balaban J connectivity index is 2.63. The molecule has 0 amide bonds. The van der Waals surface area contributed by atoms with Gasteiger partial charge in [0, 0.05) is 24.9 Å². The van der Waals surface area contributed by atoms with Crippen molar-refractivity contribution in [1.29, 1.82) is 0 Å². The third-order valence-electron chi connectivity index (χ3n) is 3.58. The number of hydrogen-bond donors (Lipinski definition) is 3. The van der Waals surface area contributed by atoms with Gasteiger partial charge in [0.05, 0.1) is 5.75 Å². The third-order valence-corrected chi connectivity index (χ3v) is 6.16. The molecule has 136 valence electrons. The maximum Gasteiger partial charge on any atom is 0.215 e. The first-order chi connectivity index (χ1) is 11.2. The number of aliphatic imine (C=N–C) groups is 1. The summed E-state index contributed by atoms with van der Waals surface area (Å²) >= 11 is 1.80. The zero-order valence-corrected chi connectivity index (χ0v) is 16.6. The molecular weight excluding hydrogens is 344 g/mol. The van der Waals surface area contributed by atoms with Crippen molar-refractivity contribution in [1.82, 2.24) is 15.4 Å². The molecule has 0 saturated carbocycles. The average molecular weight is 373 g/mol. The number of hydrogen-bond acceptors (Lipinski definition) is 4. The zero-order valence-electron chi connectivity index (χ0n) is 15.0. The van der Waals surface area contributed by atoms with Crippen LogP contribution in [0.1, 0.15) is 25.0 Å². The lowest BCUT2D eigenvalue weighted by Gasteiger charge is -2.23. The molecule has 1 aromatic carbocycles. The van der Waals surface area contributed by atoms with E-state index in [1.807, 2.05) is 24.3 Å². The topological polar surface area (TPSA) is 82.6 Å². The zero-order chi connectivity index (χ0) is 18.2. The fraction of sp³-hybridized carbons (Fsp3) is 0.562. The number of benzene rings is 1. The Morgan fingerprint density at radius 1 is 1.25 bits per heavy atom. The lowest BCUT2D eigenvalue weighted by Crippen LogP contribution is -2.43. The van der Waals surface area contributed by atoms with Crippen molar-refractivity contribution in [3.8, 4) is 0 Å². The number of rotatable bonds is 8. The quantitative estimate of drug-likeness (QED) is 0.476. The van der Waals surface area contributed by atoms with Crippen LogP contribution in [0.15, 0.2) is 29.3 Å². The molecule has 0 aromatic heterocycles. The van der Waals surface area contributed by atoms with Crippen LogP contribution in [-0.2, 0) is 22.3 Å². The number of thioether (sulfide) groups is 1. The van der Waals surface area contributed by atoms with Crippen molar-refractivity contribution in [3.05, 3.63) is 35.4 Å². The van der Waals surface area contributed by atoms with Crippen LogP contribution in [0.5, 0.6) is 0 Å². The predicted octanol–water partition coefficient (Wildman–Crippen LogP) is 1.54. The van der Waals surface area contributed by atoms with Gasteiger partial charge in [-0.05, 0) is 38.3 Å². The van der Waals surface area contributed by atoms with Gasteiger partial charge in [-0.3, -0.25) is 4.99 Å². The van der Waals surface area contributed by atoms with Gasteiger partial charge in [-0.2, -0.15) is 11.8 Å². The van der Waals surface area contributed by atoms with E-state index in [-0.39, 0.29) is 10.5 Å². The van der Waals surface area contributed by atoms with Gasteiger partial charge >= 0.3 is 0 Å². The summed E-state index contributed by atoms with van der Waals surface area (Å²) in [7, 11) is -0.105. The molecule has 0 aliphatic heterocycles. The Morgan fingerprint density at radius 3 is 2.50 bits per heavy atom. The van der Waals surface area contributed by atoms with Gasteiger partial charge in [0.1, 0.15) is 0 Å². The summed E-state index contributed by atoms with van der Waals surface area (Å²) in [6.07, 6.45) is 2.09. The molecule has 0 fully saturated rings. The van der Waals surface area contributed by atoms with Crippen LogP contribution in [0.3, 0.4) is 0 Å². The second-order valence-electron chi connectivity index (χ2n) is 6.03. The lowest BCUT2D eigenvalue weighted by atomic mass is 10.1. The minimum atomic E-state index is -3.26. The van der Waals surface area contributed by atoms with E-state index < -0.39 is 10.0 Å². The summed E-state index contributed by atoms with van der Waals surface area (Å²) in [6, 6.07) is 7.53. The van der Waals surface area contributed by atoms with Gasteiger partial charge in [-0.25, -0.2) is 13.1 Å². The van der Waals surface area contributed by atoms with E-state index in [0.717, 1.165) is 23.6 Å². The van der Waals surface area contributed by atoms with Crippen molar-refractivity contribution in [2.45, 2.75) is 30.9 Å². The van der Waals surface area contributed by atoms with Gasteiger partial charge in [0.2, 0.25) is 10.0 Å². The standard InChI is InChI=1S/C16H28N4O2S2/c1-16(2,23-5)12-20-15(17-3)19-10-13-7-6-8-14(9-13)11-24(21,22)18-4/h6-9,18H,10-12H2,1-5H3,(H2,17,19,20). The van der Waals surface area contributed by atoms with E-state index in [0.29, 0.717) is 6.54 Å². The van der Waals surface area contributed by atoms with Crippen LogP contribution in [-0.4, -0.2) is 46.0 Å². The van der Waals surface area contributed by atoms with Crippen molar-refractivity contribution in [2.24, 2.45) is 4.99 Å². The molecule has 0 radical (unpaired) electrons. The minimum Gasteiger partial charge on any atom is -0.355 e. The summed E-state index contributed by atoms with van der Waals surface area (Å²) < 4.78 is 25.7. The second kappa shape index (κ2) is 9.29. The fourth-order valence-electron chi connectivity index (χ4n) is 1.90. The summed E-state index contributed by atoms with van der Waals surface area (Å²) in [6.45, 7) is 5.72. The van der Waals surface area contributed by atoms with E-state index in [9.17, 15) is 8.42 Å². The lowest BCUT2D eigenvalue weighted by molar-refractivity contribution is 0.587. The van der Waals surface area contributed by atoms with Gasteiger partial charge in [0.25, 0.3) is 0 Å². The highest BCUT2D eigenvalue weighted by Gasteiger charge is 2.16. The van der Waals surface area contributed by atoms with Gasteiger partial charge < -0.3 is 10.6 Å². The Kier molecular flexibility index (Phi) is 8.05. The molecule has 0 aliphatic carbocycles. The van der Waals surface area contributed by atoms with Crippen LogP contribution < -0.4 is 15.4 Å². The number of nitrogens with one attached hydrogen (secondary N) is 3. The van der Waals surface area contributed by atoms with Crippen molar-refractivity contribution >= 4 is 27.7 Å². The highest BCUT2D eigenvalue weighted by Crippen LogP contribution is 2.19. The molecule has 0 atom stereocenters. The number of guanidine groups is 1. The van der Waals surface area contributed by atoms with Crippen LogP contribution >= 0.6 is 11.8 Å². The van der Waals surface area contributed by atoms with Crippen molar-refractivity contribution < 1.29 is 8.42 Å². The molecule has 0 heterocycles. The minimum absolute atomic E-state index is 0.0216. The maximum absolute atomic E-state index is 11.6. The third kappa shape index (κ3) is 7.55. The highest BCUT2D eigenvalue weighted by atomic mass is 32.2. The SMILES string of the molecule is CN=C(NCc1cccc(CS(=O)(=O)NC)c1)NCC(C)(C)SC. The molecule has 6 nitrogen and oxygen atoms in total. The fourth-order valence-corrected chi connectivity index (χ4v) is 2.88. The van der Waals surface area contributed by atoms with E-state index >= 15 is 0 Å². The summed E-state index contributed by atoms with van der Waals surface area (Å²) in [4.78, 5) is 4.21. The first kappa shape index (κ1) is 20.8. The first-order valence-electron chi connectivity index (χ1n) is 7.70. The van der Waals surface area contributed by atoms with Gasteiger partial charge in [0.15, 0.2) is 5.96 Å². The van der Waals surface area contributed by atoms with Crippen LogP contribution in [0.25, 0.3) is 0 Å². The smallest absolute Gasteiger partial charge is 0.215 e. The van der Waals surface area contributed by atoms with E-state index in [4.69, 9.17) is 0 Å². The number of nitrogens with zero attached hydrogens (tertiary/aromatic N) is 1. The molecule has 0 aliphatic rings. The maximum atomic E-state index is 11.6. The second-order valence-corrected chi connectivity index (χ2v) is 9.47. The van der Waals surface area contributed by atoms with Gasteiger partial charge in [-0.15, -0.1) is 0 Å². The highest BCUT2D eigenvalue weighted by molar-refractivity contribution is 7.99. The molecule has 1 rings (SSSR count). The van der Waals surface area contributed by atoms with E-state index in [1.165, 1.54) is 7.05 Å². The molecule has 8 heteroatoms. The van der Waals surface area contributed by atoms with Crippen LogP contribution in [0.4, 0.5) is 0 Å². The Morgan fingerprint density at radius 2 is 1.92 bits per heavy atom. The molecule has 0 unspecified atom stereocenters. The molecule has 24 heavy (non-hydrogen) atoms. The Hall–Kier alpha value is -1.25. The van der Waals surface area contributed by atoms with Gasteiger partial charge in [-0.1, -0.05) is 24.3 Å². The molecule has 3 N–H and O–H groups in total. The largest absolute Gasteiger partial charge is 0.355 e. The van der Waals surface area contributed by atoms with Crippen molar-refractivity contribution in [2.75, 3.05) is 26.9 Å². The van der Waals surface area contributed by atoms with E-state index in [1.54, 1.807) is 18.8 Å². The summed E-state index contributed by atoms with van der Waals surface area (Å²) in [5.41, 5.74) is 1.76. The molecular formula is C16H28N4O2S2. The average Bonchev–Trinajstić information content (AvgIpc) is 2.55. The van der Waals surface area contributed by atoms with Crippen LogP contribution in [0, 0.1) is 0 Å². The summed E-state index contributed by atoms with van der Waals surface area (Å²) in [5, 5.41) is 6.56. The van der Waals surface area contributed by atoms with Crippen molar-refractivity contribution in [3.63, 3.8) is 0 Å². The molecule has 0 bridgehead atoms. The predicted molar refractivity (Wildman–Crippen MR) is 104 cm³/mol. The normalized spacial score (nSPS) is 13.0.